The molecule has 7 heteroatoms. The first-order valence-corrected chi connectivity index (χ1v) is 8.01. The maximum atomic E-state index is 12.2. The van der Waals surface area contributed by atoms with E-state index < -0.39 is 11.8 Å². The number of hydrogen-bond acceptors (Lipinski definition) is 4. The van der Waals surface area contributed by atoms with E-state index in [1.807, 2.05) is 6.92 Å². The standard InChI is InChI=1S/C17H17BrN2O4/c1-3-24-12-6-4-11(5-7-12)16(21)19-20-17(22)14-10-13(23-2)8-9-15(14)18/h4-10H,3H2,1-2H3,(H,19,21)(H,20,22). The molecule has 0 saturated carbocycles. The number of hydrazine groups is 1. The smallest absolute Gasteiger partial charge is 0.270 e. The van der Waals surface area contributed by atoms with Crippen LogP contribution in [0, 0.1) is 0 Å². The van der Waals surface area contributed by atoms with E-state index in [9.17, 15) is 9.59 Å². The van der Waals surface area contributed by atoms with Crippen molar-refractivity contribution >= 4 is 27.7 Å². The Labute approximate surface area is 148 Å². The van der Waals surface area contributed by atoms with Crippen molar-refractivity contribution in [3.8, 4) is 11.5 Å². The summed E-state index contributed by atoms with van der Waals surface area (Å²) >= 11 is 3.29. The highest BCUT2D eigenvalue weighted by Gasteiger charge is 2.13. The summed E-state index contributed by atoms with van der Waals surface area (Å²) in [6, 6.07) is 11.6. The number of carbonyl (C=O) groups excluding carboxylic acids is 2. The van der Waals surface area contributed by atoms with Crippen molar-refractivity contribution in [3.05, 3.63) is 58.1 Å². The largest absolute Gasteiger partial charge is 0.497 e. The van der Waals surface area contributed by atoms with Gasteiger partial charge in [0.1, 0.15) is 11.5 Å². The van der Waals surface area contributed by atoms with Crippen LogP contribution < -0.4 is 20.3 Å². The van der Waals surface area contributed by atoms with Gasteiger partial charge in [-0.15, -0.1) is 0 Å². The molecule has 0 unspecified atom stereocenters. The fraction of sp³-hybridized carbons (Fsp3) is 0.176. The van der Waals surface area contributed by atoms with Crippen molar-refractivity contribution in [3.63, 3.8) is 0 Å². The van der Waals surface area contributed by atoms with Gasteiger partial charge in [-0.2, -0.15) is 0 Å². The van der Waals surface area contributed by atoms with Crippen LogP contribution in [0.5, 0.6) is 11.5 Å². The Balaban J connectivity index is 1.99. The van der Waals surface area contributed by atoms with Crippen molar-refractivity contribution in [1.29, 1.82) is 0 Å². The Kier molecular flexibility index (Phi) is 6.20. The van der Waals surface area contributed by atoms with E-state index in [1.54, 1.807) is 42.5 Å². The van der Waals surface area contributed by atoms with Gasteiger partial charge in [-0.3, -0.25) is 20.4 Å². The minimum Gasteiger partial charge on any atom is -0.497 e. The van der Waals surface area contributed by atoms with Gasteiger partial charge < -0.3 is 9.47 Å². The average molecular weight is 393 g/mol. The molecule has 24 heavy (non-hydrogen) atoms. The molecule has 0 aliphatic rings. The van der Waals surface area contributed by atoms with Gasteiger partial charge in [0.2, 0.25) is 0 Å². The summed E-state index contributed by atoms with van der Waals surface area (Å²) in [7, 11) is 1.51. The highest BCUT2D eigenvalue weighted by molar-refractivity contribution is 9.10. The molecule has 0 aliphatic carbocycles. The monoisotopic (exact) mass is 392 g/mol. The lowest BCUT2D eigenvalue weighted by atomic mass is 10.2. The zero-order valence-electron chi connectivity index (χ0n) is 13.3. The summed E-state index contributed by atoms with van der Waals surface area (Å²) in [6.07, 6.45) is 0. The van der Waals surface area contributed by atoms with Crippen molar-refractivity contribution in [2.45, 2.75) is 6.92 Å². The zero-order valence-corrected chi connectivity index (χ0v) is 14.8. The number of nitrogens with one attached hydrogen (secondary N) is 2. The summed E-state index contributed by atoms with van der Waals surface area (Å²) in [4.78, 5) is 24.2. The molecule has 2 rings (SSSR count). The first-order valence-electron chi connectivity index (χ1n) is 7.22. The summed E-state index contributed by atoms with van der Waals surface area (Å²) in [5, 5.41) is 0. The van der Waals surface area contributed by atoms with E-state index >= 15 is 0 Å². The third-order valence-corrected chi connectivity index (χ3v) is 3.83. The van der Waals surface area contributed by atoms with Gasteiger partial charge in [0.05, 0.1) is 19.3 Å². The van der Waals surface area contributed by atoms with Crippen LogP contribution >= 0.6 is 15.9 Å². The molecule has 0 aliphatic heterocycles. The molecule has 0 heterocycles. The van der Waals surface area contributed by atoms with Crippen molar-refractivity contribution in [2.75, 3.05) is 13.7 Å². The third kappa shape index (κ3) is 4.48. The fourth-order valence-corrected chi connectivity index (χ4v) is 2.35. The third-order valence-electron chi connectivity index (χ3n) is 3.14. The molecule has 0 bridgehead atoms. The topological polar surface area (TPSA) is 76.7 Å². The average Bonchev–Trinajstić information content (AvgIpc) is 2.60. The Bertz CT molecular complexity index is 732. The predicted molar refractivity (Wildman–Crippen MR) is 93.2 cm³/mol. The van der Waals surface area contributed by atoms with E-state index in [1.165, 1.54) is 7.11 Å². The van der Waals surface area contributed by atoms with Gasteiger partial charge in [0, 0.05) is 10.0 Å². The van der Waals surface area contributed by atoms with Gasteiger partial charge >= 0.3 is 0 Å². The zero-order chi connectivity index (χ0) is 17.5. The van der Waals surface area contributed by atoms with E-state index in [2.05, 4.69) is 26.8 Å². The quantitative estimate of drug-likeness (QED) is 0.766. The molecular weight excluding hydrogens is 376 g/mol. The molecule has 2 N–H and O–H groups in total. The molecule has 0 fully saturated rings. The van der Waals surface area contributed by atoms with Crippen molar-refractivity contribution < 1.29 is 19.1 Å². The highest BCUT2D eigenvalue weighted by atomic mass is 79.9. The molecule has 2 amide bonds. The Hall–Kier alpha value is -2.54. The molecule has 0 saturated heterocycles. The number of methoxy groups -OCH3 is 1. The van der Waals surface area contributed by atoms with E-state index in [4.69, 9.17) is 9.47 Å². The number of halogens is 1. The van der Waals surface area contributed by atoms with Crippen LogP contribution in [0.15, 0.2) is 46.9 Å². The second-order valence-electron chi connectivity index (χ2n) is 4.71. The molecule has 2 aromatic carbocycles. The molecule has 0 atom stereocenters. The Morgan fingerprint density at radius 2 is 1.62 bits per heavy atom. The summed E-state index contributed by atoms with van der Waals surface area (Å²) < 4.78 is 11.0. The Morgan fingerprint density at radius 3 is 2.25 bits per heavy atom. The highest BCUT2D eigenvalue weighted by Crippen LogP contribution is 2.22. The van der Waals surface area contributed by atoms with Crippen LogP contribution in [0.4, 0.5) is 0 Å². The molecule has 0 spiro atoms. The summed E-state index contributed by atoms with van der Waals surface area (Å²) in [5.41, 5.74) is 5.50. The van der Waals surface area contributed by atoms with Crippen LogP contribution in [-0.4, -0.2) is 25.5 Å². The fourth-order valence-electron chi connectivity index (χ4n) is 1.93. The van der Waals surface area contributed by atoms with E-state index in [0.29, 0.717) is 33.7 Å². The van der Waals surface area contributed by atoms with Crippen LogP contribution in [0.3, 0.4) is 0 Å². The number of ether oxygens (including phenoxy) is 2. The van der Waals surface area contributed by atoms with E-state index in [0.717, 1.165) is 0 Å². The lowest BCUT2D eigenvalue weighted by Crippen LogP contribution is -2.41. The number of benzene rings is 2. The minimum absolute atomic E-state index is 0.348. The van der Waals surface area contributed by atoms with Crippen LogP contribution in [0.1, 0.15) is 27.6 Å². The van der Waals surface area contributed by atoms with Gasteiger partial charge in [-0.25, -0.2) is 0 Å². The van der Waals surface area contributed by atoms with E-state index in [-0.39, 0.29) is 0 Å². The molecule has 6 nitrogen and oxygen atoms in total. The van der Waals surface area contributed by atoms with Gasteiger partial charge in [-0.1, -0.05) is 0 Å². The molecule has 2 aromatic rings. The molecule has 0 radical (unpaired) electrons. The van der Waals surface area contributed by atoms with Crippen LogP contribution in [0.2, 0.25) is 0 Å². The number of amides is 2. The maximum absolute atomic E-state index is 12.2. The number of hydrogen-bond donors (Lipinski definition) is 2. The van der Waals surface area contributed by atoms with Gasteiger partial charge in [0.15, 0.2) is 0 Å². The second kappa shape index (κ2) is 8.35. The SMILES string of the molecule is CCOc1ccc(C(=O)NNC(=O)c2cc(OC)ccc2Br)cc1. The maximum Gasteiger partial charge on any atom is 0.270 e. The summed E-state index contributed by atoms with van der Waals surface area (Å²) in [5.74, 6) is 0.338. The Morgan fingerprint density at radius 1 is 1.00 bits per heavy atom. The normalized spacial score (nSPS) is 9.96. The predicted octanol–water partition coefficient (Wildman–Crippen LogP) is 2.93. The van der Waals surface area contributed by atoms with Gasteiger partial charge in [-0.05, 0) is 65.3 Å². The van der Waals surface area contributed by atoms with Gasteiger partial charge in [0.25, 0.3) is 11.8 Å². The molecule has 0 aromatic heterocycles. The summed E-state index contributed by atoms with van der Waals surface area (Å²) in [6.45, 7) is 2.43. The first kappa shape index (κ1) is 17.8. The lowest BCUT2D eigenvalue weighted by molar-refractivity contribution is 0.0846. The first-order chi connectivity index (χ1) is 11.5. The van der Waals surface area contributed by atoms with Crippen LogP contribution in [-0.2, 0) is 0 Å². The molecular formula is C17H17BrN2O4. The van der Waals surface area contributed by atoms with Crippen molar-refractivity contribution in [2.24, 2.45) is 0 Å². The lowest BCUT2D eigenvalue weighted by Gasteiger charge is -2.10. The molecule has 126 valence electrons. The second-order valence-corrected chi connectivity index (χ2v) is 5.57. The van der Waals surface area contributed by atoms with Crippen molar-refractivity contribution in [1.82, 2.24) is 10.9 Å². The number of carbonyl (C=O) groups is 2. The minimum atomic E-state index is -0.458. The van der Waals surface area contributed by atoms with Crippen LogP contribution in [0.25, 0.3) is 0 Å². The number of rotatable bonds is 5.